The van der Waals surface area contributed by atoms with Crippen molar-refractivity contribution in [1.82, 2.24) is 19.6 Å². The highest BCUT2D eigenvalue weighted by molar-refractivity contribution is 7.99. The number of thioether (sulfide) groups is 1. The molecular formula is C13H16N5S2+. The molecule has 3 aromatic rings. The fourth-order valence-corrected chi connectivity index (χ4v) is 4.90. The number of nitrogens with zero attached hydrogens (tertiary/aromatic N) is 4. The summed E-state index contributed by atoms with van der Waals surface area (Å²) < 4.78 is 2.04. The molecule has 4 rings (SSSR count). The van der Waals surface area contributed by atoms with Crippen LogP contribution in [0.1, 0.15) is 17.4 Å². The highest BCUT2D eigenvalue weighted by Crippen LogP contribution is 2.35. The molecule has 3 aromatic heterocycles. The summed E-state index contributed by atoms with van der Waals surface area (Å²) >= 11 is 3.58. The maximum Gasteiger partial charge on any atom is 0.176 e. The monoisotopic (exact) mass is 306 g/mol. The van der Waals surface area contributed by atoms with Crippen LogP contribution in [0.4, 0.5) is 0 Å². The molecule has 0 bridgehead atoms. The number of hydrogen-bond acceptors (Lipinski definition) is 5. The van der Waals surface area contributed by atoms with E-state index in [0.717, 1.165) is 34.4 Å². The van der Waals surface area contributed by atoms with Crippen LogP contribution in [0.5, 0.6) is 0 Å². The van der Waals surface area contributed by atoms with Gasteiger partial charge in [0.2, 0.25) is 0 Å². The molecule has 1 aliphatic rings. The van der Waals surface area contributed by atoms with Crippen molar-refractivity contribution in [1.29, 1.82) is 0 Å². The van der Waals surface area contributed by atoms with Crippen LogP contribution in [0, 0.1) is 0 Å². The number of hydrogen-bond donors (Lipinski definition) is 1. The number of likely N-dealkylation sites (N-methyl/N-ethyl adjacent to an activating group) is 1. The summed E-state index contributed by atoms with van der Waals surface area (Å²) in [4.78, 5) is 9.02. The van der Waals surface area contributed by atoms with Gasteiger partial charge in [0, 0.05) is 6.42 Å². The van der Waals surface area contributed by atoms with Gasteiger partial charge in [0.1, 0.15) is 17.7 Å². The molecule has 0 aliphatic carbocycles. The molecule has 0 saturated heterocycles. The zero-order valence-electron chi connectivity index (χ0n) is 11.5. The summed E-state index contributed by atoms with van der Waals surface area (Å²) in [5, 5.41) is 10.7. The van der Waals surface area contributed by atoms with Gasteiger partial charge in [-0.2, -0.15) is 0 Å². The maximum atomic E-state index is 4.85. The minimum Gasteiger partial charge on any atom is -0.333 e. The van der Waals surface area contributed by atoms with Crippen LogP contribution < -0.4 is 4.90 Å². The van der Waals surface area contributed by atoms with E-state index in [2.05, 4.69) is 24.2 Å². The average Bonchev–Trinajstić information content (AvgIpc) is 3.01. The smallest absolute Gasteiger partial charge is 0.176 e. The van der Waals surface area contributed by atoms with Crippen LogP contribution in [0.15, 0.2) is 11.5 Å². The first-order chi connectivity index (χ1) is 9.78. The van der Waals surface area contributed by atoms with Crippen LogP contribution in [-0.2, 0) is 13.0 Å². The summed E-state index contributed by atoms with van der Waals surface area (Å²) in [5.41, 5.74) is 2.43. The first-order valence-corrected chi connectivity index (χ1v) is 8.66. The van der Waals surface area contributed by atoms with Gasteiger partial charge in [0.15, 0.2) is 10.8 Å². The second kappa shape index (κ2) is 4.68. The summed E-state index contributed by atoms with van der Waals surface area (Å²) in [7, 11) is 2.26. The molecule has 0 aromatic carbocycles. The molecule has 0 saturated carbocycles. The van der Waals surface area contributed by atoms with Crippen molar-refractivity contribution >= 4 is 39.0 Å². The Morgan fingerprint density at radius 2 is 2.40 bits per heavy atom. The molecule has 0 radical (unpaired) electrons. The Kier molecular flexibility index (Phi) is 2.94. The number of nitrogens with one attached hydrogen (secondary N) is 1. The Labute approximate surface area is 125 Å². The molecule has 20 heavy (non-hydrogen) atoms. The number of rotatable bonds is 2. The quantitative estimate of drug-likeness (QED) is 0.567. The lowest BCUT2D eigenvalue weighted by Crippen LogP contribution is -3.08. The minimum atomic E-state index is 0.975. The molecule has 1 aliphatic heterocycles. The fraction of sp³-hybridized carbons (Fsp3) is 0.462. The lowest BCUT2D eigenvalue weighted by molar-refractivity contribution is -0.895. The van der Waals surface area contributed by atoms with E-state index in [0.29, 0.717) is 0 Å². The number of quaternary nitrogens is 1. The fourth-order valence-electron chi connectivity index (χ4n) is 2.83. The van der Waals surface area contributed by atoms with Gasteiger partial charge in [0.05, 0.1) is 23.9 Å². The van der Waals surface area contributed by atoms with E-state index in [4.69, 9.17) is 4.98 Å². The van der Waals surface area contributed by atoms with Crippen LogP contribution in [0.3, 0.4) is 0 Å². The lowest BCUT2D eigenvalue weighted by Gasteiger charge is -2.19. The van der Waals surface area contributed by atoms with Crippen LogP contribution in [0.25, 0.3) is 15.9 Å². The summed E-state index contributed by atoms with van der Waals surface area (Å²) in [6.45, 7) is 4.43. The molecule has 1 atom stereocenters. The van der Waals surface area contributed by atoms with Gasteiger partial charge < -0.3 is 4.90 Å². The predicted molar refractivity (Wildman–Crippen MR) is 81.7 cm³/mol. The summed E-state index contributed by atoms with van der Waals surface area (Å²) in [5.74, 6) is 1.00. The van der Waals surface area contributed by atoms with Crippen LogP contribution >= 0.6 is 23.1 Å². The van der Waals surface area contributed by atoms with E-state index in [-0.39, 0.29) is 0 Å². The lowest BCUT2D eigenvalue weighted by atomic mass is 10.1. The standard InChI is InChI=1S/C13H15N5S2/c1-3-19-13-15-12-10(11-16-14-7-18(11)13)8-4-5-17(2)6-9(8)20-12/h7H,3-6H2,1-2H3/p+1. The van der Waals surface area contributed by atoms with Gasteiger partial charge >= 0.3 is 0 Å². The number of aromatic nitrogens is 4. The summed E-state index contributed by atoms with van der Waals surface area (Å²) in [6.07, 6.45) is 2.90. The molecule has 5 nitrogen and oxygen atoms in total. The van der Waals surface area contributed by atoms with Crippen LogP contribution in [-0.4, -0.2) is 38.9 Å². The highest BCUT2D eigenvalue weighted by Gasteiger charge is 2.25. The molecular weight excluding hydrogens is 290 g/mol. The largest absolute Gasteiger partial charge is 0.333 e. The van der Waals surface area contributed by atoms with E-state index >= 15 is 0 Å². The first-order valence-electron chi connectivity index (χ1n) is 6.86. The number of thiophene rings is 1. The third-order valence-electron chi connectivity index (χ3n) is 3.78. The topological polar surface area (TPSA) is 47.5 Å². The highest BCUT2D eigenvalue weighted by atomic mass is 32.2. The van der Waals surface area contributed by atoms with Gasteiger partial charge in [-0.05, 0) is 11.3 Å². The molecule has 0 amide bonds. The van der Waals surface area contributed by atoms with Crippen molar-refractivity contribution in [2.45, 2.75) is 25.0 Å². The molecule has 104 valence electrons. The van der Waals surface area contributed by atoms with E-state index < -0.39 is 0 Å². The second-order valence-electron chi connectivity index (χ2n) is 5.17. The summed E-state index contributed by atoms with van der Waals surface area (Å²) in [6, 6.07) is 0. The Bertz CT molecular complexity index is 791. The zero-order chi connectivity index (χ0) is 13.7. The Morgan fingerprint density at radius 1 is 1.50 bits per heavy atom. The molecule has 7 heteroatoms. The van der Waals surface area contributed by atoms with Gasteiger partial charge in [-0.1, -0.05) is 18.7 Å². The maximum absolute atomic E-state index is 4.85. The van der Waals surface area contributed by atoms with Crippen molar-refractivity contribution < 1.29 is 4.90 Å². The SMILES string of the molecule is CCSc1nc2sc3c(c2c2nncn12)CC[NH+](C)C3. The molecule has 1 unspecified atom stereocenters. The van der Waals surface area contributed by atoms with E-state index in [1.54, 1.807) is 23.0 Å². The Hall–Kier alpha value is -1.18. The molecule has 0 spiro atoms. The van der Waals surface area contributed by atoms with Gasteiger partial charge in [0.25, 0.3) is 0 Å². The van der Waals surface area contributed by atoms with E-state index in [1.165, 1.54) is 22.4 Å². The van der Waals surface area contributed by atoms with Gasteiger partial charge in [-0.25, -0.2) is 4.98 Å². The third kappa shape index (κ3) is 1.77. The first kappa shape index (κ1) is 12.6. The van der Waals surface area contributed by atoms with Crippen LogP contribution in [0.2, 0.25) is 0 Å². The Balaban J connectivity index is 2.04. The normalized spacial score (nSPS) is 18.8. The van der Waals surface area contributed by atoms with Crippen molar-refractivity contribution in [2.24, 2.45) is 0 Å². The van der Waals surface area contributed by atoms with Crippen molar-refractivity contribution in [2.75, 3.05) is 19.3 Å². The molecule has 1 N–H and O–H groups in total. The van der Waals surface area contributed by atoms with E-state index in [9.17, 15) is 0 Å². The van der Waals surface area contributed by atoms with Gasteiger partial charge in [-0.15, -0.1) is 21.5 Å². The third-order valence-corrected chi connectivity index (χ3v) is 5.75. The Morgan fingerprint density at radius 3 is 3.25 bits per heavy atom. The molecule has 0 fully saturated rings. The van der Waals surface area contributed by atoms with E-state index in [1.807, 2.05) is 15.7 Å². The van der Waals surface area contributed by atoms with Gasteiger partial charge in [-0.3, -0.25) is 4.40 Å². The number of fused-ring (bicyclic) bond motifs is 5. The predicted octanol–water partition coefficient (Wildman–Crippen LogP) is 1.02. The van der Waals surface area contributed by atoms with Crippen molar-refractivity contribution in [3.05, 3.63) is 16.8 Å². The zero-order valence-corrected chi connectivity index (χ0v) is 13.1. The average molecular weight is 306 g/mol. The molecule has 4 heterocycles. The van der Waals surface area contributed by atoms with Crippen molar-refractivity contribution in [3.63, 3.8) is 0 Å². The van der Waals surface area contributed by atoms with Crippen molar-refractivity contribution in [3.8, 4) is 0 Å². The minimum absolute atomic E-state index is 0.975. The second-order valence-corrected chi connectivity index (χ2v) is 7.48.